The number of aromatic nitrogens is 4. The predicted molar refractivity (Wildman–Crippen MR) is 205 cm³/mol. The molecule has 0 saturated carbocycles. The van der Waals surface area contributed by atoms with Gasteiger partial charge in [0.2, 0.25) is 5.95 Å². The summed E-state index contributed by atoms with van der Waals surface area (Å²) >= 11 is 0. The van der Waals surface area contributed by atoms with Crippen molar-refractivity contribution in [2.75, 3.05) is 0 Å². The molecule has 0 amide bonds. The number of hydrogen-bond acceptors (Lipinski definition) is 5. The first-order chi connectivity index (χ1) is 31.5. The van der Waals surface area contributed by atoms with Gasteiger partial charge in [0.25, 0.3) is 0 Å². The van der Waals surface area contributed by atoms with E-state index in [0.29, 0.717) is 11.2 Å². The van der Waals surface area contributed by atoms with Crippen molar-refractivity contribution < 1.29 is 29.4 Å². The monoisotopic (exact) mass is 669 g/mol. The van der Waals surface area contributed by atoms with Crippen molar-refractivity contribution in [1.29, 1.82) is 0 Å². The minimum Gasteiger partial charge on any atom is -0.456 e. The zero-order valence-electron chi connectivity index (χ0n) is 41.0. The molecule has 4 aromatic heterocycles. The molecule has 0 N–H and O–H groups in total. The third-order valence-corrected chi connectivity index (χ3v) is 8.87. The van der Waals surface area contributed by atoms with E-state index in [4.69, 9.17) is 28.9 Å². The van der Waals surface area contributed by atoms with Crippen LogP contribution in [0.2, 0.25) is 0 Å². The van der Waals surface area contributed by atoms with Gasteiger partial charge in [-0.15, -0.1) is 0 Å². The molecule has 0 radical (unpaired) electrons. The third-order valence-electron chi connectivity index (χ3n) is 8.87. The van der Waals surface area contributed by atoms with Crippen LogP contribution in [0.15, 0.2) is 166 Å². The van der Waals surface area contributed by atoms with Crippen molar-refractivity contribution in [2.24, 2.45) is 0 Å². The van der Waals surface area contributed by atoms with E-state index in [1.165, 1.54) is 0 Å². The maximum atomic E-state index is 9.45. The molecule has 6 heteroatoms. The van der Waals surface area contributed by atoms with Crippen molar-refractivity contribution in [2.45, 2.75) is 0 Å². The molecule has 0 aliphatic carbocycles. The fourth-order valence-electron chi connectivity index (χ4n) is 6.71. The molecule has 0 bridgehead atoms. The second kappa shape index (κ2) is 10.7. The highest BCUT2D eigenvalue weighted by molar-refractivity contribution is 6.27. The molecular weight excluding hydrogens is 629 g/mol. The minimum absolute atomic E-state index is 0.132. The number of rotatable bonds is 4. The first kappa shape index (κ1) is 17.1. The van der Waals surface area contributed by atoms with E-state index in [2.05, 4.69) is 9.97 Å². The van der Waals surface area contributed by atoms with Gasteiger partial charge in [-0.2, -0.15) is 9.97 Å². The van der Waals surface area contributed by atoms with Crippen molar-refractivity contribution in [1.82, 2.24) is 19.5 Å². The summed E-state index contributed by atoms with van der Waals surface area (Å²) in [7, 11) is 0. The Kier molecular flexibility index (Phi) is 3.59. The average Bonchev–Trinajstić information content (AvgIpc) is 4.02. The summed E-state index contributed by atoms with van der Waals surface area (Å²) in [5.74, 6) is -1.05. The van der Waals surface area contributed by atoms with Crippen LogP contribution >= 0.6 is 0 Å². The minimum atomic E-state index is -0.699. The third kappa shape index (κ3) is 4.20. The van der Waals surface area contributed by atoms with Gasteiger partial charge >= 0.3 is 0 Å². The fraction of sp³-hybridized carbons (Fsp3) is 0. The van der Waals surface area contributed by atoms with Crippen LogP contribution in [-0.2, 0) is 0 Å². The first-order valence-electron chi connectivity index (χ1n) is 23.2. The number of fused-ring (bicyclic) bond motifs is 10. The molecule has 0 aliphatic rings. The van der Waals surface area contributed by atoms with Crippen LogP contribution < -0.4 is 0 Å². The first-order valence-corrected chi connectivity index (χ1v) is 15.7. The van der Waals surface area contributed by atoms with E-state index in [1.54, 1.807) is 18.2 Å². The predicted octanol–water partition coefficient (Wildman–Crippen LogP) is 11.8. The summed E-state index contributed by atoms with van der Waals surface area (Å²) in [6.45, 7) is 0. The maximum absolute atomic E-state index is 9.45. The van der Waals surface area contributed by atoms with E-state index in [-0.39, 0.29) is 55.1 Å². The standard InChI is InChI=1S/C45H26N4O2/c1-3-12-27(13-4-1)30-18-11-21-37-40(30)33-23-22-29(26-39(33)51-37)44-46-43(28-14-5-2-6-15-28)47-45(48-44)49-34-19-9-7-16-31(34)41-35(49)24-25-38-42(41)32-17-8-10-20-36(32)50-38/h1-26H/i2D,5D,6D,7D,8D,9D,10D,14D,15D,16D,17D,19D,20D,24D,25D. The quantitative estimate of drug-likeness (QED) is 0.186. The van der Waals surface area contributed by atoms with E-state index in [1.807, 2.05) is 48.5 Å². The van der Waals surface area contributed by atoms with Crippen LogP contribution in [0.4, 0.5) is 0 Å². The maximum Gasteiger partial charge on any atom is 0.238 e. The second-order valence-corrected chi connectivity index (χ2v) is 11.7. The van der Waals surface area contributed by atoms with Crippen LogP contribution in [0.1, 0.15) is 20.6 Å². The molecule has 4 heterocycles. The second-order valence-electron chi connectivity index (χ2n) is 11.7. The molecule has 0 spiro atoms. The van der Waals surface area contributed by atoms with Gasteiger partial charge in [0.15, 0.2) is 11.6 Å². The Morgan fingerprint density at radius 1 is 0.451 bits per heavy atom. The molecule has 11 aromatic rings. The van der Waals surface area contributed by atoms with Gasteiger partial charge in [0, 0.05) is 43.4 Å². The lowest BCUT2D eigenvalue weighted by atomic mass is 9.99. The van der Waals surface area contributed by atoms with Crippen LogP contribution in [0.25, 0.3) is 106 Å². The normalized spacial score (nSPS) is 16.0. The highest BCUT2D eigenvalue weighted by Gasteiger charge is 2.22. The Morgan fingerprint density at radius 3 is 2.10 bits per heavy atom. The van der Waals surface area contributed by atoms with E-state index >= 15 is 0 Å². The molecule has 0 aliphatic heterocycles. The number of furan rings is 2. The zero-order chi connectivity index (χ0) is 46.5. The van der Waals surface area contributed by atoms with Gasteiger partial charge in [-0.1, -0.05) is 115 Å². The summed E-state index contributed by atoms with van der Waals surface area (Å²) in [5.41, 5.74) is 1.43. The lowest BCUT2D eigenvalue weighted by Crippen LogP contribution is -2.06. The summed E-state index contributed by atoms with van der Waals surface area (Å²) in [6.07, 6.45) is 0. The number of benzene rings is 7. The van der Waals surface area contributed by atoms with Crippen LogP contribution in [0.5, 0.6) is 0 Å². The van der Waals surface area contributed by atoms with E-state index < -0.39 is 108 Å². The number of para-hydroxylation sites is 2. The summed E-state index contributed by atoms with van der Waals surface area (Å²) in [5, 5.41) is 0.870. The van der Waals surface area contributed by atoms with Crippen LogP contribution in [-0.4, -0.2) is 19.5 Å². The average molecular weight is 670 g/mol. The topological polar surface area (TPSA) is 69.9 Å². The molecule has 0 atom stereocenters. The van der Waals surface area contributed by atoms with Crippen LogP contribution in [0.3, 0.4) is 0 Å². The van der Waals surface area contributed by atoms with Gasteiger partial charge in [-0.05, 0) is 53.5 Å². The van der Waals surface area contributed by atoms with Crippen molar-refractivity contribution in [3.63, 3.8) is 0 Å². The van der Waals surface area contributed by atoms with Gasteiger partial charge in [0.05, 0.1) is 31.6 Å². The number of nitrogens with zero attached hydrogens (tertiary/aromatic N) is 4. The molecule has 7 aromatic carbocycles. The number of hydrogen-bond donors (Lipinski definition) is 0. The summed E-state index contributed by atoms with van der Waals surface area (Å²) in [6, 6.07) is 10.9. The SMILES string of the molecule is [2H]c1c([2H])c([2H])c(-c2nc(-c3ccc4c(c3)oc3cccc(-c5ccccc5)c34)nc(-n3c4c([2H])c([2H])c([2H])c([2H])c4c4c5c(oc6c([2H])c([2H])c([2H])c([2H])c65)c([2H])c([2H])c43)n2)c([2H])c1[2H]. The Bertz CT molecular complexity index is 3990. The lowest BCUT2D eigenvalue weighted by Gasteiger charge is -2.11. The lowest BCUT2D eigenvalue weighted by molar-refractivity contribution is 0.669. The van der Waals surface area contributed by atoms with Gasteiger partial charge < -0.3 is 8.83 Å². The molecule has 6 nitrogen and oxygen atoms in total. The Balaban J connectivity index is 1.30. The molecular formula is C45H26N4O2. The van der Waals surface area contributed by atoms with Gasteiger partial charge in [-0.25, -0.2) is 4.98 Å². The molecule has 0 fully saturated rings. The largest absolute Gasteiger partial charge is 0.456 e. The highest BCUT2D eigenvalue weighted by atomic mass is 16.3. The fourth-order valence-corrected chi connectivity index (χ4v) is 6.71. The molecule has 0 unspecified atom stereocenters. The highest BCUT2D eigenvalue weighted by Crippen LogP contribution is 2.42. The van der Waals surface area contributed by atoms with Gasteiger partial charge in [-0.3, -0.25) is 4.57 Å². The van der Waals surface area contributed by atoms with Crippen molar-refractivity contribution >= 4 is 65.7 Å². The van der Waals surface area contributed by atoms with E-state index in [0.717, 1.165) is 26.5 Å². The van der Waals surface area contributed by atoms with Crippen molar-refractivity contribution in [3.8, 4) is 39.9 Å². The molecule has 238 valence electrons. The van der Waals surface area contributed by atoms with Crippen molar-refractivity contribution in [3.05, 3.63) is 157 Å². The Hall–Kier alpha value is -7.05. The molecule has 0 saturated heterocycles. The van der Waals surface area contributed by atoms with E-state index in [9.17, 15) is 5.48 Å². The smallest absolute Gasteiger partial charge is 0.238 e. The van der Waals surface area contributed by atoms with Gasteiger partial charge in [0.1, 0.15) is 22.3 Å². The zero-order valence-corrected chi connectivity index (χ0v) is 26.0. The molecule has 51 heavy (non-hydrogen) atoms. The molecule has 11 rings (SSSR count). The summed E-state index contributed by atoms with van der Waals surface area (Å²) < 4.78 is 145. The van der Waals surface area contributed by atoms with Crippen LogP contribution in [0, 0.1) is 0 Å². The Labute approximate surface area is 311 Å². The summed E-state index contributed by atoms with van der Waals surface area (Å²) in [4.78, 5) is 14.1. The Morgan fingerprint density at radius 2 is 1.22 bits per heavy atom.